The van der Waals surface area contributed by atoms with Gasteiger partial charge in [0.15, 0.2) is 0 Å². The van der Waals surface area contributed by atoms with E-state index in [9.17, 15) is 14.4 Å². The number of aliphatic carboxylic acids is 1. The molecule has 0 unspecified atom stereocenters. The molecule has 0 radical (unpaired) electrons. The molecule has 7 nitrogen and oxygen atoms in total. The Morgan fingerprint density at radius 1 is 1.15 bits per heavy atom. The van der Waals surface area contributed by atoms with Crippen LogP contribution in [0.4, 0.5) is 0 Å². The molecule has 194 valence electrons. The van der Waals surface area contributed by atoms with Gasteiger partial charge in [-0.15, -0.1) is 0 Å². The van der Waals surface area contributed by atoms with Crippen molar-refractivity contribution >= 4 is 18.3 Å². The highest BCUT2D eigenvalue weighted by Gasteiger charge is 2.22. The van der Waals surface area contributed by atoms with Gasteiger partial charge in [0.25, 0.3) is 0 Å². The fraction of sp³-hybridized carbons (Fsp3) is 0.808. The van der Waals surface area contributed by atoms with E-state index in [-0.39, 0.29) is 30.0 Å². The fourth-order valence-electron chi connectivity index (χ4n) is 3.40. The van der Waals surface area contributed by atoms with Crippen LogP contribution in [-0.2, 0) is 14.4 Å². The van der Waals surface area contributed by atoms with Gasteiger partial charge in [0.2, 0.25) is 12.3 Å². The molecule has 0 aromatic rings. The predicted molar refractivity (Wildman–Crippen MR) is 137 cm³/mol. The maximum absolute atomic E-state index is 11.7. The molecule has 0 spiro atoms. The van der Waals surface area contributed by atoms with E-state index < -0.39 is 5.97 Å². The van der Waals surface area contributed by atoms with Crippen molar-refractivity contribution in [2.24, 2.45) is 17.8 Å². The lowest BCUT2D eigenvalue weighted by molar-refractivity contribution is -0.133. The van der Waals surface area contributed by atoms with Crippen molar-refractivity contribution in [2.45, 2.75) is 93.7 Å². The molecule has 2 amide bonds. The van der Waals surface area contributed by atoms with Crippen molar-refractivity contribution in [3.8, 4) is 0 Å². The summed E-state index contributed by atoms with van der Waals surface area (Å²) >= 11 is 0. The van der Waals surface area contributed by atoms with Crippen molar-refractivity contribution < 1.29 is 19.5 Å². The van der Waals surface area contributed by atoms with Gasteiger partial charge in [-0.1, -0.05) is 54.0 Å². The number of likely N-dealkylation sites (N-methyl/N-ethyl adjacent to an activating group) is 1. The molecule has 2 N–H and O–H groups in total. The van der Waals surface area contributed by atoms with Crippen LogP contribution in [0.25, 0.3) is 0 Å². The number of nitrogens with zero attached hydrogens (tertiary/aromatic N) is 2. The molecule has 0 bridgehead atoms. The van der Waals surface area contributed by atoms with E-state index in [2.05, 4.69) is 51.8 Å². The van der Waals surface area contributed by atoms with Crippen LogP contribution in [0.2, 0.25) is 0 Å². The van der Waals surface area contributed by atoms with Gasteiger partial charge in [0.1, 0.15) is 0 Å². The average Bonchev–Trinajstić information content (AvgIpc) is 2.74. The third-order valence-electron chi connectivity index (χ3n) is 5.48. The zero-order valence-electron chi connectivity index (χ0n) is 22.9. The van der Waals surface area contributed by atoms with Gasteiger partial charge in [-0.05, 0) is 57.9 Å². The molecule has 1 fully saturated rings. The third-order valence-corrected chi connectivity index (χ3v) is 5.48. The molecule has 7 heteroatoms. The topological polar surface area (TPSA) is 90.0 Å². The van der Waals surface area contributed by atoms with Crippen molar-refractivity contribution in [1.29, 1.82) is 0 Å². The lowest BCUT2D eigenvalue weighted by Crippen LogP contribution is -2.43. The summed E-state index contributed by atoms with van der Waals surface area (Å²) in [5.41, 5.74) is 0.191. The number of carbonyl (C=O) groups excluding carboxylic acids is 2. The maximum Gasteiger partial charge on any atom is 0.331 e. The lowest BCUT2D eigenvalue weighted by atomic mass is 9.95. The summed E-state index contributed by atoms with van der Waals surface area (Å²) in [6, 6.07) is 0.436. The van der Waals surface area contributed by atoms with Crippen LogP contribution >= 0.6 is 0 Å². The Bertz CT molecular complexity index is 585. The molecule has 33 heavy (non-hydrogen) atoms. The summed E-state index contributed by atoms with van der Waals surface area (Å²) in [5.74, 6) is 0.610. The van der Waals surface area contributed by atoms with Crippen molar-refractivity contribution in [3.05, 3.63) is 11.6 Å². The Balaban J connectivity index is 0. The number of hydrogen-bond donors (Lipinski definition) is 2. The van der Waals surface area contributed by atoms with Crippen LogP contribution in [0.1, 0.15) is 81.6 Å². The van der Waals surface area contributed by atoms with Crippen LogP contribution in [0.15, 0.2) is 11.6 Å². The molecule has 1 aliphatic heterocycles. The molecule has 0 saturated carbocycles. The zero-order valence-corrected chi connectivity index (χ0v) is 22.9. The standard InChI is InChI=1S/C12H20N2O4.C10H21N.C4H10/c1-8(2)10(5-9(3)12(17)18)14(4)11(16)6-13-7-15;1-4-10-6-5-7-11(8-10)9(2)3;1-4(2)3/h5,7-8,10H,6H2,1-4H3,(H,13,15)(H,17,18);9-10H,4-8H2,1-3H3;4H,1-3H3/b9-5+;;/t2*10-;/m10./s1. The fourth-order valence-corrected chi connectivity index (χ4v) is 3.40. The number of carbonyl (C=O) groups is 3. The average molecular weight is 470 g/mol. The van der Waals surface area contributed by atoms with Gasteiger partial charge in [-0.3, -0.25) is 9.59 Å². The first-order valence-corrected chi connectivity index (χ1v) is 12.4. The number of piperidine rings is 1. The second-order valence-electron chi connectivity index (χ2n) is 10.1. The monoisotopic (exact) mass is 469 g/mol. The molecule has 1 aliphatic rings. The largest absolute Gasteiger partial charge is 0.478 e. The first kappa shape index (κ1) is 33.3. The molecular weight excluding hydrogens is 418 g/mol. The quantitative estimate of drug-likeness (QED) is 0.385. The summed E-state index contributed by atoms with van der Waals surface area (Å²) in [6.07, 6.45) is 6.24. The Labute approximate surface area is 203 Å². The van der Waals surface area contributed by atoms with Crippen LogP contribution in [0, 0.1) is 17.8 Å². The highest BCUT2D eigenvalue weighted by molar-refractivity contribution is 5.86. The molecule has 0 aromatic heterocycles. The van der Waals surface area contributed by atoms with Crippen LogP contribution in [0.5, 0.6) is 0 Å². The second kappa shape index (κ2) is 18.5. The minimum absolute atomic E-state index is 0.0736. The first-order chi connectivity index (χ1) is 15.3. The van der Waals surface area contributed by atoms with Gasteiger partial charge in [0, 0.05) is 25.2 Å². The second-order valence-corrected chi connectivity index (χ2v) is 10.1. The summed E-state index contributed by atoms with van der Waals surface area (Å²) < 4.78 is 0. The number of carboxylic acids is 1. The zero-order chi connectivity index (χ0) is 26.1. The molecule has 0 aromatic carbocycles. The minimum Gasteiger partial charge on any atom is -0.478 e. The molecular formula is C26H51N3O4. The number of likely N-dealkylation sites (tertiary alicyclic amines) is 1. The summed E-state index contributed by atoms with van der Waals surface area (Å²) in [5, 5.41) is 11.1. The van der Waals surface area contributed by atoms with Gasteiger partial charge < -0.3 is 20.2 Å². The normalized spacial score (nSPS) is 17.5. The van der Waals surface area contributed by atoms with E-state index in [1.54, 1.807) is 13.1 Å². The lowest BCUT2D eigenvalue weighted by Gasteiger charge is -2.34. The Morgan fingerprint density at radius 3 is 2.09 bits per heavy atom. The smallest absolute Gasteiger partial charge is 0.331 e. The number of hydrogen-bond acceptors (Lipinski definition) is 4. The summed E-state index contributed by atoms with van der Waals surface area (Å²) in [7, 11) is 1.59. The van der Waals surface area contributed by atoms with Crippen LogP contribution in [-0.4, -0.2) is 72.0 Å². The number of carboxylic acid groups (broad SMARTS) is 1. The predicted octanol–water partition coefficient (Wildman–Crippen LogP) is 4.43. The maximum atomic E-state index is 11.7. The number of rotatable bonds is 9. The van der Waals surface area contributed by atoms with Crippen LogP contribution in [0.3, 0.4) is 0 Å². The highest BCUT2D eigenvalue weighted by atomic mass is 16.4. The Morgan fingerprint density at radius 2 is 1.70 bits per heavy atom. The molecule has 0 aliphatic carbocycles. The van der Waals surface area contributed by atoms with E-state index in [1.807, 2.05) is 13.8 Å². The molecule has 1 rings (SSSR count). The van der Waals surface area contributed by atoms with E-state index in [0.717, 1.165) is 17.9 Å². The number of amides is 2. The molecule has 2 atom stereocenters. The van der Waals surface area contributed by atoms with Crippen molar-refractivity contribution in [2.75, 3.05) is 26.7 Å². The first-order valence-electron chi connectivity index (χ1n) is 12.4. The van der Waals surface area contributed by atoms with E-state index >= 15 is 0 Å². The number of nitrogens with one attached hydrogen (secondary N) is 1. The van der Waals surface area contributed by atoms with Gasteiger partial charge in [-0.2, -0.15) is 0 Å². The van der Waals surface area contributed by atoms with Crippen LogP contribution < -0.4 is 5.32 Å². The summed E-state index contributed by atoms with van der Waals surface area (Å²) in [4.78, 5) is 36.7. The Hall–Kier alpha value is -1.89. The van der Waals surface area contributed by atoms with Gasteiger partial charge in [0.05, 0.1) is 12.6 Å². The summed E-state index contributed by atoms with van der Waals surface area (Å²) in [6.45, 7) is 21.3. The third kappa shape index (κ3) is 16.4. The van der Waals surface area contributed by atoms with Crippen molar-refractivity contribution in [1.82, 2.24) is 15.1 Å². The van der Waals surface area contributed by atoms with Gasteiger partial charge in [-0.25, -0.2) is 4.79 Å². The Kier molecular flexibility index (Phi) is 18.7. The molecule has 1 heterocycles. The van der Waals surface area contributed by atoms with E-state index in [1.165, 1.54) is 44.2 Å². The minimum atomic E-state index is -1.01. The molecule has 1 saturated heterocycles. The highest BCUT2D eigenvalue weighted by Crippen LogP contribution is 2.20. The van der Waals surface area contributed by atoms with E-state index in [4.69, 9.17) is 5.11 Å². The SMILES string of the molecule is C/C(=C\[C@H](C(C)C)N(C)C(=O)CNC=O)C(=O)O.CC(C)C.CC[C@H]1CCCN(C(C)C)C1. The van der Waals surface area contributed by atoms with E-state index in [0.29, 0.717) is 6.41 Å². The van der Waals surface area contributed by atoms with Gasteiger partial charge >= 0.3 is 5.97 Å². The van der Waals surface area contributed by atoms with Crippen molar-refractivity contribution in [3.63, 3.8) is 0 Å².